The molecule has 2 fully saturated rings. The Labute approximate surface area is 117 Å². The average molecular weight is 265 g/mol. The highest BCUT2D eigenvalue weighted by molar-refractivity contribution is 5.09. The minimum Gasteiger partial charge on any atom is -0.389 e. The van der Waals surface area contributed by atoms with Gasteiger partial charge in [-0.05, 0) is 38.5 Å². The van der Waals surface area contributed by atoms with Crippen molar-refractivity contribution in [1.82, 2.24) is 5.32 Å². The minimum atomic E-state index is -0.451. The molecule has 2 aliphatic rings. The molecule has 0 spiro atoms. The zero-order chi connectivity index (χ0) is 13.6. The molecular weight excluding hydrogens is 238 g/mol. The molecule has 108 valence electrons. The quantitative estimate of drug-likeness (QED) is 0.724. The molecule has 2 saturated carbocycles. The van der Waals surface area contributed by atoms with Gasteiger partial charge in [-0.3, -0.25) is 0 Å². The van der Waals surface area contributed by atoms with E-state index in [9.17, 15) is 5.11 Å². The van der Waals surface area contributed by atoms with Crippen LogP contribution in [0.4, 0.5) is 0 Å². The summed E-state index contributed by atoms with van der Waals surface area (Å²) in [5.41, 5.74) is -0.410. The zero-order valence-corrected chi connectivity index (χ0v) is 11.9. The van der Waals surface area contributed by atoms with Crippen LogP contribution in [0.3, 0.4) is 0 Å². The van der Waals surface area contributed by atoms with Gasteiger partial charge in [-0.25, -0.2) is 0 Å². The lowest BCUT2D eigenvalue weighted by Crippen LogP contribution is -2.40. The van der Waals surface area contributed by atoms with Crippen LogP contribution in [0.25, 0.3) is 0 Å². The topological polar surface area (TPSA) is 41.5 Å². The number of rotatable bonds is 6. The molecule has 0 unspecified atom stereocenters. The lowest BCUT2D eigenvalue weighted by molar-refractivity contribution is -0.0633. The van der Waals surface area contributed by atoms with Crippen molar-refractivity contribution in [3.63, 3.8) is 0 Å². The minimum absolute atomic E-state index is 0.351. The molecule has 0 amide bonds. The van der Waals surface area contributed by atoms with E-state index in [1.807, 2.05) is 0 Å². The first-order valence-electron chi connectivity index (χ1n) is 7.77. The third kappa shape index (κ3) is 4.49. The van der Waals surface area contributed by atoms with Gasteiger partial charge in [0.1, 0.15) is 5.60 Å². The van der Waals surface area contributed by atoms with Crippen LogP contribution in [-0.2, 0) is 4.74 Å². The Kier molecular flexibility index (Phi) is 5.69. The fourth-order valence-corrected chi connectivity index (χ4v) is 3.20. The predicted molar refractivity (Wildman–Crippen MR) is 76.9 cm³/mol. The van der Waals surface area contributed by atoms with E-state index in [1.165, 1.54) is 32.1 Å². The van der Waals surface area contributed by atoms with Crippen LogP contribution >= 0.6 is 0 Å². The predicted octanol–water partition coefficient (Wildman–Crippen LogP) is 2.23. The Bertz CT molecular complexity index is 298. The van der Waals surface area contributed by atoms with E-state index in [0.717, 1.165) is 25.7 Å². The summed E-state index contributed by atoms with van der Waals surface area (Å²) in [6, 6.07) is 0.589. The summed E-state index contributed by atoms with van der Waals surface area (Å²) in [6.45, 7) is 0.967. The normalized spacial score (nSPS) is 25.1. The molecule has 0 aromatic rings. The molecular formula is C16H27NO2. The molecule has 2 N–H and O–H groups in total. The Morgan fingerprint density at radius 2 is 1.89 bits per heavy atom. The number of hydrogen-bond donors (Lipinski definition) is 2. The van der Waals surface area contributed by atoms with Crippen molar-refractivity contribution < 1.29 is 9.84 Å². The first kappa shape index (κ1) is 14.8. The van der Waals surface area contributed by atoms with Gasteiger partial charge in [0.25, 0.3) is 0 Å². The van der Waals surface area contributed by atoms with Gasteiger partial charge in [0.15, 0.2) is 0 Å². The number of hydrogen-bond acceptors (Lipinski definition) is 3. The van der Waals surface area contributed by atoms with E-state index in [-0.39, 0.29) is 0 Å². The first-order valence-corrected chi connectivity index (χ1v) is 7.77. The summed E-state index contributed by atoms with van der Waals surface area (Å²) < 4.78 is 5.87. The van der Waals surface area contributed by atoms with Crippen LogP contribution in [0.15, 0.2) is 0 Å². The number of aliphatic hydroxyl groups is 1. The van der Waals surface area contributed by atoms with E-state index in [0.29, 0.717) is 19.2 Å². The highest BCUT2D eigenvalue weighted by Crippen LogP contribution is 2.31. The van der Waals surface area contributed by atoms with Gasteiger partial charge in [-0.1, -0.05) is 25.2 Å². The lowest BCUT2D eigenvalue weighted by Gasteiger charge is -2.33. The molecule has 1 atom stereocenters. The maximum absolute atomic E-state index is 9.99. The van der Waals surface area contributed by atoms with Gasteiger partial charge in [-0.15, -0.1) is 6.42 Å². The Hall–Kier alpha value is -0.560. The third-order valence-corrected chi connectivity index (χ3v) is 4.47. The standard InChI is InChI=1S/C16H27NO2/c1-2-16(10-6-3-7-11-16)19-13-15(18)12-17-14-8-4-5-9-14/h1,14-15,17-18H,3-13H2/t15-/m0/s1. The van der Waals surface area contributed by atoms with E-state index in [1.54, 1.807) is 0 Å². The Balaban J connectivity index is 1.66. The molecule has 0 aromatic carbocycles. The largest absolute Gasteiger partial charge is 0.389 e. The van der Waals surface area contributed by atoms with Crippen LogP contribution in [0.1, 0.15) is 57.8 Å². The van der Waals surface area contributed by atoms with Gasteiger partial charge >= 0.3 is 0 Å². The Morgan fingerprint density at radius 3 is 2.53 bits per heavy atom. The van der Waals surface area contributed by atoms with E-state index < -0.39 is 11.7 Å². The van der Waals surface area contributed by atoms with E-state index in [2.05, 4.69) is 11.2 Å². The molecule has 0 radical (unpaired) electrons. The van der Waals surface area contributed by atoms with Gasteiger partial charge in [-0.2, -0.15) is 0 Å². The summed E-state index contributed by atoms with van der Waals surface area (Å²) in [4.78, 5) is 0. The number of nitrogens with one attached hydrogen (secondary N) is 1. The van der Waals surface area contributed by atoms with Crippen LogP contribution in [0, 0.1) is 12.3 Å². The summed E-state index contributed by atoms with van der Waals surface area (Å²) in [6.07, 6.45) is 15.7. The monoisotopic (exact) mass is 265 g/mol. The second kappa shape index (κ2) is 7.28. The maximum atomic E-state index is 9.99. The van der Waals surface area contributed by atoms with Crippen molar-refractivity contribution in [2.75, 3.05) is 13.2 Å². The van der Waals surface area contributed by atoms with Crippen molar-refractivity contribution >= 4 is 0 Å². The summed E-state index contributed by atoms with van der Waals surface area (Å²) in [5.74, 6) is 2.82. The van der Waals surface area contributed by atoms with Gasteiger partial charge in [0.2, 0.25) is 0 Å². The second-order valence-corrected chi connectivity index (χ2v) is 6.05. The van der Waals surface area contributed by atoms with Crippen molar-refractivity contribution in [3.8, 4) is 12.3 Å². The second-order valence-electron chi connectivity index (χ2n) is 6.05. The molecule has 3 nitrogen and oxygen atoms in total. The van der Waals surface area contributed by atoms with Crippen molar-refractivity contribution in [1.29, 1.82) is 0 Å². The molecule has 0 aromatic heterocycles. The molecule has 0 saturated heterocycles. The molecule has 3 heteroatoms. The van der Waals surface area contributed by atoms with Crippen molar-refractivity contribution in [2.24, 2.45) is 0 Å². The fraction of sp³-hybridized carbons (Fsp3) is 0.875. The average Bonchev–Trinajstić information content (AvgIpc) is 2.97. The first-order chi connectivity index (χ1) is 9.24. The molecule has 0 bridgehead atoms. The van der Waals surface area contributed by atoms with Crippen molar-refractivity contribution in [3.05, 3.63) is 0 Å². The molecule has 2 aliphatic carbocycles. The van der Waals surface area contributed by atoms with Crippen LogP contribution < -0.4 is 5.32 Å². The summed E-state index contributed by atoms with van der Waals surface area (Å²) in [7, 11) is 0. The summed E-state index contributed by atoms with van der Waals surface area (Å²) >= 11 is 0. The fourth-order valence-electron chi connectivity index (χ4n) is 3.20. The highest BCUT2D eigenvalue weighted by Gasteiger charge is 2.31. The Morgan fingerprint density at radius 1 is 1.21 bits per heavy atom. The number of aliphatic hydroxyl groups excluding tert-OH is 1. The summed E-state index contributed by atoms with van der Waals surface area (Å²) in [5, 5.41) is 13.4. The zero-order valence-electron chi connectivity index (χ0n) is 11.9. The van der Waals surface area contributed by atoms with Gasteiger partial charge in [0.05, 0.1) is 12.7 Å². The van der Waals surface area contributed by atoms with Crippen LogP contribution in [0.5, 0.6) is 0 Å². The maximum Gasteiger partial charge on any atom is 0.128 e. The smallest absolute Gasteiger partial charge is 0.128 e. The van der Waals surface area contributed by atoms with Crippen LogP contribution in [-0.4, -0.2) is 36.0 Å². The van der Waals surface area contributed by atoms with E-state index in [4.69, 9.17) is 11.2 Å². The number of ether oxygens (including phenoxy) is 1. The highest BCUT2D eigenvalue weighted by atomic mass is 16.5. The van der Waals surface area contributed by atoms with Gasteiger partial charge in [0, 0.05) is 12.6 Å². The molecule has 2 rings (SSSR count). The number of terminal acetylenes is 1. The molecule has 0 aliphatic heterocycles. The SMILES string of the molecule is C#CC1(OC[C@@H](O)CNC2CCCC2)CCCCC1. The third-order valence-electron chi connectivity index (χ3n) is 4.47. The lowest BCUT2D eigenvalue weighted by atomic mass is 9.85. The van der Waals surface area contributed by atoms with Crippen LogP contribution in [0.2, 0.25) is 0 Å². The van der Waals surface area contributed by atoms with E-state index >= 15 is 0 Å². The van der Waals surface area contributed by atoms with Crippen molar-refractivity contribution in [2.45, 2.75) is 75.5 Å². The molecule has 0 heterocycles. The molecule has 19 heavy (non-hydrogen) atoms. The van der Waals surface area contributed by atoms with Gasteiger partial charge < -0.3 is 15.2 Å².